The molecule has 132 valence electrons. The third-order valence-corrected chi connectivity index (χ3v) is 4.16. The maximum absolute atomic E-state index is 11.9. The second kappa shape index (κ2) is 8.88. The van der Waals surface area contributed by atoms with Crippen LogP contribution in [0, 0.1) is 6.92 Å². The van der Waals surface area contributed by atoms with Gasteiger partial charge in [-0.2, -0.15) is 5.10 Å². The lowest BCUT2D eigenvalue weighted by Gasteiger charge is -2.12. The largest absolute Gasteiger partial charge is 0.483 e. The predicted molar refractivity (Wildman–Crippen MR) is 103 cm³/mol. The Bertz CT molecular complexity index is 789. The second-order valence-corrected chi connectivity index (χ2v) is 6.77. The van der Waals surface area contributed by atoms with E-state index >= 15 is 0 Å². The first kappa shape index (κ1) is 19.3. The van der Waals surface area contributed by atoms with Gasteiger partial charge in [-0.1, -0.05) is 55.2 Å². The predicted octanol–water partition coefficient (Wildman–Crippen LogP) is 4.95. The Labute approximate surface area is 157 Å². The number of hydrazone groups is 1. The molecule has 0 saturated heterocycles. The highest BCUT2D eigenvalue weighted by Crippen LogP contribution is 2.24. The van der Waals surface area contributed by atoms with Crippen molar-refractivity contribution in [1.29, 1.82) is 0 Å². The summed E-state index contributed by atoms with van der Waals surface area (Å²) in [4.78, 5) is 11.9. The number of benzene rings is 2. The summed E-state index contributed by atoms with van der Waals surface area (Å²) in [6.45, 7) is 6.04. The fraction of sp³-hybridized carbons (Fsp3) is 0.263. The number of carbonyl (C=O) groups is 1. The number of nitrogens with zero attached hydrogens (tertiary/aromatic N) is 1. The zero-order valence-corrected chi connectivity index (χ0v) is 15.9. The Morgan fingerprint density at radius 2 is 2.00 bits per heavy atom. The van der Waals surface area contributed by atoms with Gasteiger partial charge in [-0.25, -0.2) is 5.43 Å². The maximum Gasteiger partial charge on any atom is 0.277 e. The average Bonchev–Trinajstić information content (AvgIpc) is 2.56. The van der Waals surface area contributed by atoms with E-state index in [1.54, 1.807) is 18.2 Å². The molecule has 0 heterocycles. The molecule has 1 amide bonds. The normalized spacial score (nSPS) is 11.1. The molecular weight excluding hydrogens is 359 g/mol. The Morgan fingerprint density at radius 1 is 1.24 bits per heavy atom. The number of rotatable bonds is 6. The van der Waals surface area contributed by atoms with E-state index in [0.29, 0.717) is 27.3 Å². The van der Waals surface area contributed by atoms with Gasteiger partial charge in [0.1, 0.15) is 5.75 Å². The highest BCUT2D eigenvalue weighted by Gasteiger charge is 2.07. The lowest BCUT2D eigenvalue weighted by atomic mass is 10.0. The average molecular weight is 379 g/mol. The molecular formula is C19H20Cl2N2O2. The molecule has 0 unspecified atom stereocenters. The first-order valence-electron chi connectivity index (χ1n) is 7.87. The van der Waals surface area contributed by atoms with E-state index < -0.39 is 0 Å². The van der Waals surface area contributed by atoms with E-state index in [1.165, 1.54) is 6.21 Å². The summed E-state index contributed by atoms with van der Waals surface area (Å²) in [5.41, 5.74) is 5.22. The van der Waals surface area contributed by atoms with E-state index in [1.807, 2.05) is 19.1 Å². The number of amides is 1. The minimum atomic E-state index is -0.351. The lowest BCUT2D eigenvalue weighted by molar-refractivity contribution is -0.123. The second-order valence-electron chi connectivity index (χ2n) is 5.93. The number of aryl methyl sites for hydroxylation is 1. The minimum absolute atomic E-state index is 0.117. The number of nitrogens with one attached hydrogen (secondary N) is 1. The van der Waals surface area contributed by atoms with Gasteiger partial charge in [0.25, 0.3) is 5.91 Å². The number of carbonyl (C=O) groups excluding carboxylic acids is 1. The fourth-order valence-electron chi connectivity index (χ4n) is 2.09. The summed E-state index contributed by atoms with van der Waals surface area (Å²) in [5, 5.41) is 4.88. The zero-order chi connectivity index (χ0) is 18.4. The van der Waals surface area contributed by atoms with Gasteiger partial charge >= 0.3 is 0 Å². The SMILES string of the molecule is Cc1ccc(C(C)C)cc1OCC(=O)N/N=C\c1ccc(Cl)cc1Cl. The van der Waals surface area contributed by atoms with Crippen LogP contribution in [0.15, 0.2) is 41.5 Å². The molecule has 0 aliphatic heterocycles. The van der Waals surface area contributed by atoms with Crippen LogP contribution in [0.5, 0.6) is 5.75 Å². The van der Waals surface area contributed by atoms with Crippen LogP contribution in [-0.4, -0.2) is 18.7 Å². The van der Waals surface area contributed by atoms with Gasteiger partial charge < -0.3 is 4.74 Å². The van der Waals surface area contributed by atoms with E-state index in [2.05, 4.69) is 30.4 Å². The van der Waals surface area contributed by atoms with Crippen LogP contribution in [0.4, 0.5) is 0 Å². The number of ether oxygens (including phenoxy) is 1. The smallest absolute Gasteiger partial charge is 0.277 e. The molecule has 0 radical (unpaired) electrons. The lowest BCUT2D eigenvalue weighted by Crippen LogP contribution is -2.24. The van der Waals surface area contributed by atoms with Crippen molar-refractivity contribution in [3.63, 3.8) is 0 Å². The zero-order valence-electron chi connectivity index (χ0n) is 14.3. The van der Waals surface area contributed by atoms with Crippen molar-refractivity contribution in [3.05, 3.63) is 63.1 Å². The number of hydrogen-bond acceptors (Lipinski definition) is 3. The van der Waals surface area contributed by atoms with Gasteiger partial charge in [0.15, 0.2) is 6.61 Å². The van der Waals surface area contributed by atoms with Crippen LogP contribution in [0.3, 0.4) is 0 Å². The molecule has 6 heteroatoms. The van der Waals surface area contributed by atoms with E-state index in [0.717, 1.165) is 11.1 Å². The molecule has 1 N–H and O–H groups in total. The maximum atomic E-state index is 11.9. The molecule has 0 saturated carbocycles. The Kier molecular flexibility index (Phi) is 6.85. The molecule has 0 bridgehead atoms. The van der Waals surface area contributed by atoms with Gasteiger partial charge in [0.2, 0.25) is 0 Å². The standard InChI is InChI=1S/C19H20Cl2N2O2/c1-12(2)14-5-4-13(3)18(8-14)25-11-19(24)23-22-10-15-6-7-16(20)9-17(15)21/h4-10,12H,11H2,1-3H3,(H,23,24)/b22-10-. The molecule has 0 aliphatic rings. The fourth-order valence-corrected chi connectivity index (χ4v) is 2.54. The number of hydrogen-bond donors (Lipinski definition) is 1. The van der Waals surface area contributed by atoms with Crippen molar-refractivity contribution in [2.45, 2.75) is 26.7 Å². The molecule has 2 aromatic carbocycles. The van der Waals surface area contributed by atoms with E-state index in [-0.39, 0.29) is 12.5 Å². The van der Waals surface area contributed by atoms with Gasteiger partial charge in [0.05, 0.1) is 11.2 Å². The molecule has 0 spiro atoms. The van der Waals surface area contributed by atoms with Crippen molar-refractivity contribution in [3.8, 4) is 5.75 Å². The van der Waals surface area contributed by atoms with Crippen molar-refractivity contribution < 1.29 is 9.53 Å². The Morgan fingerprint density at radius 3 is 2.68 bits per heavy atom. The molecule has 25 heavy (non-hydrogen) atoms. The highest BCUT2D eigenvalue weighted by atomic mass is 35.5. The van der Waals surface area contributed by atoms with Crippen LogP contribution in [0.25, 0.3) is 0 Å². The molecule has 0 atom stereocenters. The van der Waals surface area contributed by atoms with Crippen molar-refractivity contribution >= 4 is 35.3 Å². The van der Waals surface area contributed by atoms with Crippen molar-refractivity contribution in [2.75, 3.05) is 6.61 Å². The topological polar surface area (TPSA) is 50.7 Å². The summed E-state index contributed by atoms with van der Waals surface area (Å²) in [6.07, 6.45) is 1.46. The first-order chi connectivity index (χ1) is 11.9. The summed E-state index contributed by atoms with van der Waals surface area (Å²) < 4.78 is 5.60. The van der Waals surface area contributed by atoms with Crippen LogP contribution in [-0.2, 0) is 4.79 Å². The number of halogens is 2. The van der Waals surface area contributed by atoms with Gasteiger partial charge in [-0.15, -0.1) is 0 Å². The molecule has 0 fully saturated rings. The summed E-state index contributed by atoms with van der Waals surface area (Å²) in [5.74, 6) is 0.743. The molecule has 2 rings (SSSR count). The monoisotopic (exact) mass is 378 g/mol. The molecule has 2 aromatic rings. The van der Waals surface area contributed by atoms with Gasteiger partial charge in [-0.05, 0) is 42.2 Å². The quantitative estimate of drug-likeness (QED) is 0.570. The molecule has 0 aliphatic carbocycles. The van der Waals surface area contributed by atoms with Crippen molar-refractivity contribution in [1.82, 2.24) is 5.43 Å². The van der Waals surface area contributed by atoms with Crippen molar-refractivity contribution in [2.24, 2.45) is 5.10 Å². The summed E-state index contributed by atoms with van der Waals surface area (Å²) in [6, 6.07) is 11.0. The summed E-state index contributed by atoms with van der Waals surface area (Å²) >= 11 is 11.9. The van der Waals surface area contributed by atoms with Gasteiger partial charge in [0, 0.05) is 10.6 Å². The first-order valence-corrected chi connectivity index (χ1v) is 8.62. The third-order valence-electron chi connectivity index (χ3n) is 3.59. The van der Waals surface area contributed by atoms with Crippen LogP contribution < -0.4 is 10.2 Å². The Hall–Kier alpha value is -2.04. The van der Waals surface area contributed by atoms with Gasteiger partial charge in [-0.3, -0.25) is 4.79 Å². The minimum Gasteiger partial charge on any atom is -0.483 e. The van der Waals surface area contributed by atoms with Crippen LogP contribution in [0.2, 0.25) is 10.0 Å². The third kappa shape index (κ3) is 5.76. The molecule has 4 nitrogen and oxygen atoms in total. The van der Waals surface area contributed by atoms with Crippen LogP contribution in [0.1, 0.15) is 36.5 Å². The van der Waals surface area contributed by atoms with Crippen LogP contribution >= 0.6 is 23.2 Å². The van der Waals surface area contributed by atoms with E-state index in [4.69, 9.17) is 27.9 Å². The highest BCUT2D eigenvalue weighted by molar-refractivity contribution is 6.36. The Balaban J connectivity index is 1.90. The van der Waals surface area contributed by atoms with E-state index in [9.17, 15) is 4.79 Å². The molecule has 0 aromatic heterocycles. The summed E-state index contributed by atoms with van der Waals surface area (Å²) in [7, 11) is 0.